The van der Waals surface area contributed by atoms with Crippen molar-refractivity contribution in [1.29, 1.82) is 0 Å². The van der Waals surface area contributed by atoms with Gasteiger partial charge in [-0.25, -0.2) is 5.43 Å². The third-order valence-electron chi connectivity index (χ3n) is 3.47. The van der Waals surface area contributed by atoms with Gasteiger partial charge < -0.3 is 4.74 Å². The van der Waals surface area contributed by atoms with Crippen molar-refractivity contribution >= 4 is 44.0 Å². The summed E-state index contributed by atoms with van der Waals surface area (Å²) in [6.07, 6.45) is 3.14. The number of nitrogens with one attached hydrogen (secondary N) is 1. The molecule has 0 radical (unpaired) electrons. The summed E-state index contributed by atoms with van der Waals surface area (Å²) < 4.78 is 7.60. The number of carbonyl (C=O) groups is 1. The summed E-state index contributed by atoms with van der Waals surface area (Å²) in [6, 6.07) is 7.48. The molecule has 1 N–H and O–H groups in total. The first-order chi connectivity index (χ1) is 11.9. The van der Waals surface area contributed by atoms with Crippen molar-refractivity contribution < 1.29 is 9.53 Å². The maximum atomic E-state index is 12.0. The van der Waals surface area contributed by atoms with E-state index in [0.717, 1.165) is 20.1 Å². The first kappa shape index (κ1) is 19.6. The highest BCUT2D eigenvalue weighted by atomic mass is 79.9. The van der Waals surface area contributed by atoms with Crippen molar-refractivity contribution in [2.45, 2.75) is 26.7 Å². The molecule has 5 nitrogen and oxygen atoms in total. The van der Waals surface area contributed by atoms with E-state index < -0.39 is 0 Å². The second-order valence-corrected chi connectivity index (χ2v) is 7.35. The predicted molar refractivity (Wildman–Crippen MR) is 106 cm³/mol. The van der Waals surface area contributed by atoms with Crippen LogP contribution >= 0.6 is 31.9 Å². The Morgan fingerprint density at radius 2 is 2.16 bits per heavy atom. The molecule has 25 heavy (non-hydrogen) atoms. The van der Waals surface area contributed by atoms with Gasteiger partial charge in [0.1, 0.15) is 5.75 Å². The molecule has 0 saturated carbocycles. The number of carbonyl (C=O) groups excluding carboxylic acids is 1. The minimum Gasteiger partial charge on any atom is -0.482 e. The Kier molecular flexibility index (Phi) is 7.13. The normalized spacial score (nSPS) is 11.1. The van der Waals surface area contributed by atoms with Gasteiger partial charge in [0.2, 0.25) is 0 Å². The number of nitrogens with zero attached hydrogens (tertiary/aromatic N) is 2. The summed E-state index contributed by atoms with van der Waals surface area (Å²) in [7, 11) is 0. The molecule has 1 heterocycles. The van der Waals surface area contributed by atoms with E-state index in [1.165, 1.54) is 6.21 Å². The van der Waals surface area contributed by atoms with Gasteiger partial charge in [0, 0.05) is 10.7 Å². The zero-order chi connectivity index (χ0) is 18.4. The Bertz CT molecular complexity index is 778. The van der Waals surface area contributed by atoms with Gasteiger partial charge in [-0.3, -0.25) is 9.78 Å². The molecule has 0 aliphatic heterocycles. The van der Waals surface area contributed by atoms with Crippen LogP contribution in [0.4, 0.5) is 0 Å². The van der Waals surface area contributed by atoms with Gasteiger partial charge in [0.05, 0.1) is 16.4 Å². The van der Waals surface area contributed by atoms with Crippen LogP contribution in [-0.2, 0) is 4.79 Å². The number of pyridine rings is 1. The van der Waals surface area contributed by atoms with Gasteiger partial charge in [0.15, 0.2) is 6.61 Å². The summed E-state index contributed by atoms with van der Waals surface area (Å²) in [4.78, 5) is 16.0. The van der Waals surface area contributed by atoms with Gasteiger partial charge in [-0.05, 0) is 58.1 Å². The number of ether oxygens (including phenoxy) is 1. The lowest BCUT2D eigenvalue weighted by molar-refractivity contribution is -0.123. The Morgan fingerprint density at radius 1 is 1.40 bits per heavy atom. The molecule has 2 aromatic rings. The second-order valence-electron chi connectivity index (χ2n) is 5.71. The predicted octanol–water partition coefficient (Wildman–Crippen LogP) is 4.57. The van der Waals surface area contributed by atoms with Crippen LogP contribution in [0, 0.1) is 6.92 Å². The molecule has 1 aromatic heterocycles. The Morgan fingerprint density at radius 3 is 2.80 bits per heavy atom. The van der Waals surface area contributed by atoms with Crippen molar-refractivity contribution in [3.63, 3.8) is 0 Å². The van der Waals surface area contributed by atoms with Crippen LogP contribution < -0.4 is 10.2 Å². The Balaban J connectivity index is 2.02. The largest absolute Gasteiger partial charge is 0.482 e. The van der Waals surface area contributed by atoms with Gasteiger partial charge in [-0.2, -0.15) is 5.10 Å². The average Bonchev–Trinajstić information content (AvgIpc) is 2.59. The van der Waals surface area contributed by atoms with Crippen molar-refractivity contribution in [3.05, 3.63) is 56.2 Å². The molecule has 0 aliphatic rings. The molecule has 0 aliphatic carbocycles. The van der Waals surface area contributed by atoms with Crippen LogP contribution in [0.15, 0.2) is 44.5 Å². The number of halogens is 2. The molecule has 0 bridgehead atoms. The molecule has 0 saturated heterocycles. The SMILES string of the molecule is Cc1c(Br)cc(C(C)C)c(OCC(=O)N/N=C\c2ccccn2)c1Br. The maximum absolute atomic E-state index is 12.0. The van der Waals surface area contributed by atoms with Gasteiger partial charge in [0.25, 0.3) is 5.91 Å². The van der Waals surface area contributed by atoms with Crippen LogP contribution in [0.1, 0.15) is 36.6 Å². The third-order valence-corrected chi connectivity index (χ3v) is 5.25. The highest BCUT2D eigenvalue weighted by Crippen LogP contribution is 2.40. The highest BCUT2D eigenvalue weighted by Gasteiger charge is 2.17. The molecule has 0 fully saturated rings. The van der Waals surface area contributed by atoms with Crippen LogP contribution in [-0.4, -0.2) is 23.7 Å². The van der Waals surface area contributed by atoms with E-state index in [9.17, 15) is 4.79 Å². The zero-order valence-corrected chi connectivity index (χ0v) is 17.4. The van der Waals surface area contributed by atoms with E-state index >= 15 is 0 Å². The smallest absolute Gasteiger partial charge is 0.277 e. The summed E-state index contributed by atoms with van der Waals surface area (Å²) >= 11 is 7.10. The number of aromatic nitrogens is 1. The zero-order valence-electron chi connectivity index (χ0n) is 14.2. The number of hydrogen-bond acceptors (Lipinski definition) is 4. The fraction of sp³-hybridized carbons (Fsp3) is 0.278. The van der Waals surface area contributed by atoms with E-state index in [4.69, 9.17) is 4.74 Å². The number of hydrogen-bond donors (Lipinski definition) is 1. The number of hydrazone groups is 1. The second kappa shape index (κ2) is 9.10. The van der Waals surface area contributed by atoms with Crippen molar-refractivity contribution in [3.8, 4) is 5.75 Å². The quantitative estimate of drug-likeness (QED) is 0.499. The fourth-order valence-corrected chi connectivity index (χ4v) is 3.35. The van der Waals surface area contributed by atoms with Crippen LogP contribution in [0.3, 0.4) is 0 Å². The first-order valence-electron chi connectivity index (χ1n) is 7.74. The van der Waals surface area contributed by atoms with Gasteiger partial charge >= 0.3 is 0 Å². The summed E-state index contributed by atoms with van der Waals surface area (Å²) in [6.45, 7) is 6.00. The van der Waals surface area contributed by atoms with Crippen molar-refractivity contribution in [2.75, 3.05) is 6.61 Å². The lowest BCUT2D eigenvalue weighted by atomic mass is 10.0. The number of rotatable bonds is 6. The molecule has 2 rings (SSSR count). The molecule has 132 valence electrons. The Hall–Kier alpha value is -1.73. The molecular formula is C18H19Br2N3O2. The molecule has 0 spiro atoms. The van der Waals surface area contributed by atoms with Gasteiger partial charge in [-0.15, -0.1) is 0 Å². The minimum absolute atomic E-state index is 0.126. The molecular weight excluding hydrogens is 450 g/mol. The van der Waals surface area contributed by atoms with E-state index in [1.54, 1.807) is 12.3 Å². The summed E-state index contributed by atoms with van der Waals surface area (Å²) in [5.41, 5.74) is 5.14. The topological polar surface area (TPSA) is 63.6 Å². The standard InChI is InChI=1S/C18H19Br2N3O2/c1-11(2)14-8-15(19)12(3)17(20)18(14)25-10-16(24)23-22-9-13-6-4-5-7-21-13/h4-9,11H,10H2,1-3H3,(H,23,24)/b22-9-. The lowest BCUT2D eigenvalue weighted by Gasteiger charge is -2.18. The summed E-state index contributed by atoms with van der Waals surface area (Å²) in [5, 5.41) is 3.88. The van der Waals surface area contributed by atoms with Crippen molar-refractivity contribution in [1.82, 2.24) is 10.4 Å². The highest BCUT2D eigenvalue weighted by molar-refractivity contribution is 9.11. The average molecular weight is 469 g/mol. The maximum Gasteiger partial charge on any atom is 0.277 e. The first-order valence-corrected chi connectivity index (χ1v) is 9.33. The number of benzene rings is 1. The number of amides is 1. The molecule has 0 atom stereocenters. The van der Waals surface area contributed by atoms with Gasteiger partial charge in [-0.1, -0.05) is 35.8 Å². The van der Waals surface area contributed by atoms with E-state index in [2.05, 4.69) is 61.2 Å². The molecule has 7 heteroatoms. The summed E-state index contributed by atoms with van der Waals surface area (Å²) in [5.74, 6) is 0.599. The molecule has 0 unspecified atom stereocenters. The lowest BCUT2D eigenvalue weighted by Crippen LogP contribution is -2.25. The Labute approximate surface area is 164 Å². The molecule has 1 amide bonds. The molecule has 1 aromatic carbocycles. The monoisotopic (exact) mass is 467 g/mol. The van der Waals surface area contributed by atoms with E-state index in [1.807, 2.05) is 25.1 Å². The van der Waals surface area contributed by atoms with E-state index in [0.29, 0.717) is 11.4 Å². The fourth-order valence-electron chi connectivity index (χ4n) is 2.08. The van der Waals surface area contributed by atoms with E-state index in [-0.39, 0.29) is 18.4 Å². The van der Waals surface area contributed by atoms with Crippen LogP contribution in [0.5, 0.6) is 5.75 Å². The van der Waals surface area contributed by atoms with Crippen LogP contribution in [0.25, 0.3) is 0 Å². The van der Waals surface area contributed by atoms with Crippen molar-refractivity contribution in [2.24, 2.45) is 5.10 Å². The van der Waals surface area contributed by atoms with Crippen LogP contribution in [0.2, 0.25) is 0 Å². The minimum atomic E-state index is -0.339. The third kappa shape index (κ3) is 5.37.